The van der Waals surface area contributed by atoms with Gasteiger partial charge in [-0.25, -0.2) is 0 Å². The van der Waals surface area contributed by atoms with E-state index in [0.717, 1.165) is 5.57 Å². The van der Waals surface area contributed by atoms with Crippen molar-refractivity contribution < 1.29 is 38.4 Å². The zero-order valence-electron chi connectivity index (χ0n) is 22.4. The summed E-state index contributed by atoms with van der Waals surface area (Å²) >= 11 is 0. The van der Waals surface area contributed by atoms with Crippen LogP contribution in [0.4, 0.5) is 0 Å². The third kappa shape index (κ3) is 4.90. The first-order valence-electron chi connectivity index (χ1n) is 12.7. The predicted molar refractivity (Wildman–Crippen MR) is 132 cm³/mol. The van der Waals surface area contributed by atoms with Crippen LogP contribution in [0.15, 0.2) is 36.0 Å². The van der Waals surface area contributed by atoms with Crippen LogP contribution in [0.25, 0.3) is 0 Å². The molecule has 2 fully saturated rings. The summed E-state index contributed by atoms with van der Waals surface area (Å²) in [4.78, 5) is 36.7. The number of esters is 3. The summed E-state index contributed by atoms with van der Waals surface area (Å²) in [6, 6.07) is 0. The van der Waals surface area contributed by atoms with Gasteiger partial charge in [0.05, 0.1) is 17.4 Å². The van der Waals surface area contributed by atoms with Crippen LogP contribution in [0.3, 0.4) is 0 Å². The minimum absolute atomic E-state index is 0.0727. The quantitative estimate of drug-likeness (QED) is 0.238. The van der Waals surface area contributed by atoms with Gasteiger partial charge in [-0.1, -0.05) is 52.0 Å². The fraction of sp³-hybridized carbons (Fsp3) is 0.679. The Morgan fingerprint density at radius 3 is 2.36 bits per heavy atom. The van der Waals surface area contributed by atoms with Gasteiger partial charge < -0.3 is 19.3 Å². The van der Waals surface area contributed by atoms with Crippen molar-refractivity contribution in [1.82, 2.24) is 0 Å². The summed E-state index contributed by atoms with van der Waals surface area (Å²) in [5, 5.41) is 11.7. The molecule has 8 heteroatoms. The highest BCUT2D eigenvalue weighted by Crippen LogP contribution is 2.67. The molecule has 1 unspecified atom stereocenters. The Bertz CT molecular complexity index is 965. The van der Waals surface area contributed by atoms with E-state index in [1.54, 1.807) is 26.0 Å². The van der Waals surface area contributed by atoms with E-state index in [-0.39, 0.29) is 23.7 Å². The van der Waals surface area contributed by atoms with Crippen molar-refractivity contribution in [3.05, 3.63) is 36.0 Å². The minimum atomic E-state index is -1.17. The van der Waals surface area contributed by atoms with Crippen LogP contribution in [0.2, 0.25) is 0 Å². The Balaban J connectivity index is 2.23. The fourth-order valence-corrected chi connectivity index (χ4v) is 6.15. The van der Waals surface area contributed by atoms with Crippen LogP contribution in [0, 0.1) is 28.6 Å². The van der Waals surface area contributed by atoms with Gasteiger partial charge in [-0.2, -0.15) is 0 Å². The second-order valence-corrected chi connectivity index (χ2v) is 11.0. The zero-order valence-corrected chi connectivity index (χ0v) is 22.4. The molecule has 0 amide bonds. The topological polar surface area (TPSA) is 108 Å². The van der Waals surface area contributed by atoms with Gasteiger partial charge in [-0.05, 0) is 49.5 Å². The molecule has 0 bridgehead atoms. The number of hydrogen-bond acceptors (Lipinski definition) is 8. The summed E-state index contributed by atoms with van der Waals surface area (Å²) in [5.41, 5.74) is -0.0611. The van der Waals surface area contributed by atoms with E-state index in [1.807, 2.05) is 6.92 Å². The molecule has 1 heterocycles. The lowest BCUT2D eigenvalue weighted by Gasteiger charge is -2.60. The largest absolute Gasteiger partial charge is 0.458 e. The number of aliphatic hydroxyl groups is 1. The van der Waals surface area contributed by atoms with Crippen LogP contribution < -0.4 is 0 Å². The van der Waals surface area contributed by atoms with Crippen molar-refractivity contribution >= 4 is 17.9 Å². The third-order valence-electron chi connectivity index (χ3n) is 8.32. The van der Waals surface area contributed by atoms with Crippen molar-refractivity contribution in [2.45, 2.75) is 92.5 Å². The van der Waals surface area contributed by atoms with Crippen LogP contribution in [-0.4, -0.2) is 47.8 Å². The van der Waals surface area contributed by atoms with E-state index >= 15 is 0 Å². The lowest BCUT2D eigenvalue weighted by molar-refractivity contribution is -0.254. The lowest BCUT2D eigenvalue weighted by atomic mass is 9.45. The molecule has 0 radical (unpaired) electrons. The van der Waals surface area contributed by atoms with Gasteiger partial charge >= 0.3 is 17.9 Å². The standard InChI is InChI=1S/C28H40O8/c1-9-16(4)10-11-27(8)17(5)12-23(31)28-21(13-20(14-22(27)28)35-24(32)15(2)3)25(33-18(6)29)36-26(28)34-19(7)30/h9-10,13,15,17,20,22-23,25-26,31H,1,11-12,14H2,2-8H3/b16-10+/t17-,20-,22+,23+,25+,26?,27-,28-/m1/s1. The Hall–Kier alpha value is -2.45. The van der Waals surface area contributed by atoms with Crippen LogP contribution in [-0.2, 0) is 33.3 Å². The first kappa shape index (κ1) is 28.1. The minimum Gasteiger partial charge on any atom is -0.458 e. The van der Waals surface area contributed by atoms with E-state index < -0.39 is 47.6 Å². The van der Waals surface area contributed by atoms with Crippen molar-refractivity contribution in [3.8, 4) is 0 Å². The van der Waals surface area contributed by atoms with E-state index in [4.69, 9.17) is 18.9 Å². The van der Waals surface area contributed by atoms with Gasteiger partial charge in [0.2, 0.25) is 12.6 Å². The van der Waals surface area contributed by atoms with Crippen molar-refractivity contribution in [2.75, 3.05) is 0 Å². The van der Waals surface area contributed by atoms with Crippen molar-refractivity contribution in [1.29, 1.82) is 0 Å². The molecule has 8 atom stereocenters. The lowest BCUT2D eigenvalue weighted by Crippen LogP contribution is -2.63. The fourth-order valence-electron chi connectivity index (χ4n) is 6.15. The average molecular weight is 505 g/mol. The molecular formula is C28H40O8. The molecule has 3 aliphatic rings. The Morgan fingerprint density at radius 1 is 1.17 bits per heavy atom. The SMILES string of the molecule is C=C/C(C)=C/C[C@]1(C)[C@H](C)C[C@H](O)[C@@]23C(=C[C@@H](OC(=O)C(C)C)C[C@@H]12)[C@@H](OC(C)=O)OC3OC(C)=O. The molecule has 1 saturated carbocycles. The molecular weight excluding hydrogens is 464 g/mol. The van der Waals surface area contributed by atoms with Gasteiger partial charge in [0, 0.05) is 19.4 Å². The molecule has 0 aromatic carbocycles. The molecule has 1 aliphatic heterocycles. The maximum absolute atomic E-state index is 12.6. The molecule has 0 aromatic rings. The second kappa shape index (κ2) is 10.5. The van der Waals surface area contributed by atoms with Crippen molar-refractivity contribution in [3.63, 3.8) is 0 Å². The van der Waals surface area contributed by atoms with Gasteiger partial charge in [0.25, 0.3) is 0 Å². The highest BCUT2D eigenvalue weighted by atomic mass is 16.8. The molecule has 1 spiro atoms. The molecule has 8 nitrogen and oxygen atoms in total. The summed E-state index contributed by atoms with van der Waals surface area (Å²) in [6.07, 6.45) is 3.22. The van der Waals surface area contributed by atoms with Crippen LogP contribution in [0.1, 0.15) is 67.7 Å². The van der Waals surface area contributed by atoms with Gasteiger partial charge in [0.1, 0.15) is 6.10 Å². The Kier molecular flexibility index (Phi) is 8.20. The van der Waals surface area contributed by atoms with Gasteiger partial charge in [-0.3, -0.25) is 19.1 Å². The summed E-state index contributed by atoms with van der Waals surface area (Å²) in [6.45, 7) is 16.1. The van der Waals surface area contributed by atoms with Crippen molar-refractivity contribution in [2.24, 2.45) is 28.6 Å². The summed E-state index contributed by atoms with van der Waals surface area (Å²) in [7, 11) is 0. The third-order valence-corrected chi connectivity index (χ3v) is 8.32. The van der Waals surface area contributed by atoms with E-state index in [0.29, 0.717) is 24.8 Å². The molecule has 2 aliphatic carbocycles. The first-order chi connectivity index (χ1) is 16.8. The highest BCUT2D eigenvalue weighted by molar-refractivity contribution is 5.72. The van der Waals surface area contributed by atoms with Crippen LogP contribution in [0.5, 0.6) is 0 Å². The maximum Gasteiger partial charge on any atom is 0.308 e. The number of aliphatic hydroxyl groups excluding tert-OH is 1. The van der Waals surface area contributed by atoms with E-state index in [2.05, 4.69) is 26.5 Å². The Morgan fingerprint density at radius 2 is 1.81 bits per heavy atom. The number of hydrogen-bond donors (Lipinski definition) is 1. The molecule has 1 saturated heterocycles. The molecule has 3 rings (SSSR count). The highest BCUT2D eigenvalue weighted by Gasteiger charge is 2.71. The average Bonchev–Trinajstić information content (AvgIpc) is 3.07. The second-order valence-electron chi connectivity index (χ2n) is 11.0. The predicted octanol–water partition coefficient (Wildman–Crippen LogP) is 4.22. The number of carbonyl (C=O) groups excluding carboxylic acids is 3. The normalized spacial score (nSPS) is 37.9. The maximum atomic E-state index is 12.6. The van der Waals surface area contributed by atoms with E-state index in [1.165, 1.54) is 13.8 Å². The van der Waals surface area contributed by atoms with Crippen LogP contribution >= 0.6 is 0 Å². The number of rotatable bonds is 7. The van der Waals surface area contributed by atoms with Gasteiger partial charge in [-0.15, -0.1) is 0 Å². The zero-order chi connectivity index (χ0) is 27.0. The summed E-state index contributed by atoms with van der Waals surface area (Å²) in [5.74, 6) is -2.08. The molecule has 1 N–H and O–H groups in total. The number of ether oxygens (including phenoxy) is 4. The first-order valence-corrected chi connectivity index (χ1v) is 12.7. The molecule has 0 aromatic heterocycles. The smallest absolute Gasteiger partial charge is 0.308 e. The number of carbonyl (C=O) groups is 3. The Labute approximate surface area is 213 Å². The monoisotopic (exact) mass is 504 g/mol. The summed E-state index contributed by atoms with van der Waals surface area (Å²) < 4.78 is 23.1. The van der Waals surface area contributed by atoms with E-state index in [9.17, 15) is 19.5 Å². The molecule has 36 heavy (non-hydrogen) atoms. The number of allylic oxidation sites excluding steroid dienone is 3. The van der Waals surface area contributed by atoms with Gasteiger partial charge in [0.15, 0.2) is 0 Å². The molecule has 200 valence electrons.